The van der Waals surface area contributed by atoms with Crippen molar-refractivity contribution in [2.45, 2.75) is 20.8 Å². The second-order valence-corrected chi connectivity index (χ2v) is 5.72. The highest BCUT2D eigenvalue weighted by molar-refractivity contribution is 6.33. The molecule has 1 aromatic carbocycles. The Hall–Kier alpha value is -1.42. The van der Waals surface area contributed by atoms with Crippen molar-refractivity contribution in [3.8, 4) is 5.75 Å². The third-order valence-corrected chi connectivity index (χ3v) is 2.67. The molecule has 3 N–H and O–H groups in total. The number of methoxy groups -OCH3 is 1. The maximum Gasteiger partial charge on any atom is 0.255 e. The first-order chi connectivity index (χ1) is 8.24. The van der Waals surface area contributed by atoms with Gasteiger partial charge in [0.2, 0.25) is 0 Å². The molecule has 100 valence electrons. The minimum atomic E-state index is -0.219. The van der Waals surface area contributed by atoms with Gasteiger partial charge in [-0.3, -0.25) is 4.79 Å². The molecule has 0 atom stereocenters. The molecule has 0 fully saturated rings. The van der Waals surface area contributed by atoms with E-state index in [-0.39, 0.29) is 11.3 Å². The number of ether oxygens (including phenoxy) is 1. The highest BCUT2D eigenvalue weighted by atomic mass is 35.5. The number of nitrogen functional groups attached to an aromatic ring is 1. The second kappa shape index (κ2) is 5.48. The lowest BCUT2D eigenvalue weighted by Gasteiger charge is -2.19. The third-order valence-electron chi connectivity index (χ3n) is 2.34. The lowest BCUT2D eigenvalue weighted by molar-refractivity contribution is 0.0936. The summed E-state index contributed by atoms with van der Waals surface area (Å²) in [5.74, 6) is 0.201. The quantitative estimate of drug-likeness (QED) is 0.830. The first-order valence-corrected chi connectivity index (χ1v) is 6.03. The predicted octanol–water partition coefficient (Wildman–Crippen LogP) is 2.71. The van der Waals surface area contributed by atoms with Crippen LogP contribution < -0.4 is 15.8 Å². The second-order valence-electron chi connectivity index (χ2n) is 5.32. The molecule has 0 spiro atoms. The number of carbonyl (C=O) groups excluding carboxylic acids is 1. The van der Waals surface area contributed by atoms with E-state index in [2.05, 4.69) is 5.32 Å². The summed E-state index contributed by atoms with van der Waals surface area (Å²) in [6.45, 7) is 6.69. The Balaban J connectivity index is 2.95. The molecule has 1 amide bonds. The molecule has 0 aliphatic carbocycles. The number of amides is 1. The number of hydrogen-bond donors (Lipinski definition) is 2. The van der Waals surface area contributed by atoms with Crippen LogP contribution in [0.25, 0.3) is 0 Å². The molecule has 0 saturated heterocycles. The standard InChI is InChI=1S/C13H19ClN2O2/c1-13(2,3)7-16-12(17)8-5-9(14)10(15)6-11(8)18-4/h5-6H,7,15H2,1-4H3,(H,16,17). The van der Waals surface area contributed by atoms with Crippen molar-refractivity contribution in [2.75, 3.05) is 19.4 Å². The van der Waals surface area contributed by atoms with Crippen LogP contribution in [0.3, 0.4) is 0 Å². The Morgan fingerprint density at radius 3 is 2.56 bits per heavy atom. The summed E-state index contributed by atoms with van der Waals surface area (Å²) >= 11 is 5.92. The van der Waals surface area contributed by atoms with Crippen LogP contribution in [-0.2, 0) is 0 Å². The van der Waals surface area contributed by atoms with Gasteiger partial charge >= 0.3 is 0 Å². The third kappa shape index (κ3) is 3.81. The van der Waals surface area contributed by atoms with E-state index in [9.17, 15) is 4.79 Å². The molecule has 0 saturated carbocycles. The van der Waals surface area contributed by atoms with Gasteiger partial charge in [0, 0.05) is 12.6 Å². The van der Waals surface area contributed by atoms with Crippen LogP contribution in [0, 0.1) is 5.41 Å². The molecule has 4 nitrogen and oxygen atoms in total. The summed E-state index contributed by atoms with van der Waals surface area (Å²) < 4.78 is 5.13. The predicted molar refractivity (Wildman–Crippen MR) is 74.2 cm³/mol. The molecule has 0 radical (unpaired) electrons. The monoisotopic (exact) mass is 270 g/mol. The van der Waals surface area contributed by atoms with E-state index >= 15 is 0 Å². The molecule has 5 heteroatoms. The fraction of sp³-hybridized carbons (Fsp3) is 0.462. The molecule has 1 aromatic rings. The lowest BCUT2D eigenvalue weighted by Crippen LogP contribution is -2.32. The van der Waals surface area contributed by atoms with Crippen molar-refractivity contribution >= 4 is 23.2 Å². The Morgan fingerprint density at radius 2 is 2.06 bits per heavy atom. The number of benzene rings is 1. The Bertz CT molecular complexity index is 453. The number of rotatable bonds is 3. The Kier molecular flexibility index (Phi) is 4.46. The Morgan fingerprint density at radius 1 is 1.44 bits per heavy atom. The average molecular weight is 271 g/mol. The van der Waals surface area contributed by atoms with Gasteiger partial charge in [-0.05, 0) is 11.5 Å². The summed E-state index contributed by atoms with van der Waals surface area (Å²) in [4.78, 5) is 12.0. The largest absolute Gasteiger partial charge is 0.496 e. The van der Waals surface area contributed by atoms with Crippen LogP contribution in [0.2, 0.25) is 5.02 Å². The molecule has 0 unspecified atom stereocenters. The summed E-state index contributed by atoms with van der Waals surface area (Å²) in [6, 6.07) is 3.07. The first-order valence-electron chi connectivity index (χ1n) is 5.66. The first kappa shape index (κ1) is 14.6. The molecule has 0 bridgehead atoms. The number of carbonyl (C=O) groups is 1. The lowest BCUT2D eigenvalue weighted by atomic mass is 9.97. The van der Waals surface area contributed by atoms with Crippen molar-refractivity contribution in [3.05, 3.63) is 22.7 Å². The van der Waals surface area contributed by atoms with Gasteiger partial charge in [0.15, 0.2) is 0 Å². The zero-order chi connectivity index (χ0) is 13.9. The number of nitrogens with two attached hydrogens (primary N) is 1. The molecule has 18 heavy (non-hydrogen) atoms. The van der Waals surface area contributed by atoms with Gasteiger partial charge in [0.25, 0.3) is 5.91 Å². The number of nitrogens with one attached hydrogen (secondary N) is 1. The zero-order valence-electron chi connectivity index (χ0n) is 11.1. The van der Waals surface area contributed by atoms with Crippen LogP contribution in [0.15, 0.2) is 12.1 Å². The molecule has 0 aromatic heterocycles. The van der Waals surface area contributed by atoms with Gasteiger partial charge in [-0.25, -0.2) is 0 Å². The highest BCUT2D eigenvalue weighted by Gasteiger charge is 2.17. The van der Waals surface area contributed by atoms with Crippen molar-refractivity contribution in [3.63, 3.8) is 0 Å². The zero-order valence-corrected chi connectivity index (χ0v) is 11.9. The minimum absolute atomic E-state index is 0.0144. The smallest absolute Gasteiger partial charge is 0.255 e. The number of anilines is 1. The summed E-state index contributed by atoms with van der Waals surface area (Å²) in [6.07, 6.45) is 0. The van der Waals surface area contributed by atoms with Crippen LogP contribution in [0.4, 0.5) is 5.69 Å². The molecule has 0 heterocycles. The minimum Gasteiger partial charge on any atom is -0.496 e. The van der Waals surface area contributed by atoms with Gasteiger partial charge in [-0.1, -0.05) is 32.4 Å². The maximum atomic E-state index is 12.0. The van der Waals surface area contributed by atoms with Gasteiger partial charge in [0.1, 0.15) is 5.75 Å². The van der Waals surface area contributed by atoms with Gasteiger partial charge < -0.3 is 15.8 Å². The normalized spacial score (nSPS) is 11.2. The van der Waals surface area contributed by atoms with Gasteiger partial charge in [0.05, 0.1) is 23.4 Å². The fourth-order valence-corrected chi connectivity index (χ4v) is 1.52. The SMILES string of the molecule is COc1cc(N)c(Cl)cc1C(=O)NCC(C)(C)C. The van der Waals surface area contributed by atoms with Crippen LogP contribution >= 0.6 is 11.6 Å². The molecule has 0 aliphatic rings. The van der Waals surface area contributed by atoms with Crippen molar-refractivity contribution in [2.24, 2.45) is 5.41 Å². The summed E-state index contributed by atoms with van der Waals surface area (Å²) in [7, 11) is 1.49. The van der Waals surface area contributed by atoms with E-state index in [0.29, 0.717) is 28.6 Å². The molecule has 1 rings (SSSR count). The summed E-state index contributed by atoms with van der Waals surface area (Å²) in [5.41, 5.74) is 6.46. The molecular formula is C13H19ClN2O2. The number of hydrogen-bond acceptors (Lipinski definition) is 3. The van der Waals surface area contributed by atoms with Crippen LogP contribution in [-0.4, -0.2) is 19.6 Å². The number of halogens is 1. The van der Waals surface area contributed by atoms with Crippen molar-refractivity contribution in [1.29, 1.82) is 0 Å². The van der Waals surface area contributed by atoms with Crippen LogP contribution in [0.5, 0.6) is 5.75 Å². The topological polar surface area (TPSA) is 64.3 Å². The fourth-order valence-electron chi connectivity index (χ4n) is 1.36. The van der Waals surface area contributed by atoms with E-state index in [1.165, 1.54) is 13.2 Å². The van der Waals surface area contributed by atoms with E-state index in [0.717, 1.165) is 0 Å². The van der Waals surface area contributed by atoms with E-state index in [1.54, 1.807) is 6.07 Å². The van der Waals surface area contributed by atoms with E-state index in [1.807, 2.05) is 20.8 Å². The van der Waals surface area contributed by atoms with Crippen molar-refractivity contribution < 1.29 is 9.53 Å². The van der Waals surface area contributed by atoms with E-state index < -0.39 is 0 Å². The van der Waals surface area contributed by atoms with E-state index in [4.69, 9.17) is 22.1 Å². The van der Waals surface area contributed by atoms with Crippen molar-refractivity contribution in [1.82, 2.24) is 5.32 Å². The maximum absolute atomic E-state index is 12.0. The molecule has 0 aliphatic heterocycles. The Labute approximate surface area is 112 Å². The van der Waals surface area contributed by atoms with Gasteiger partial charge in [-0.2, -0.15) is 0 Å². The van der Waals surface area contributed by atoms with Crippen LogP contribution in [0.1, 0.15) is 31.1 Å². The average Bonchev–Trinajstić information content (AvgIpc) is 2.28. The van der Waals surface area contributed by atoms with Gasteiger partial charge in [-0.15, -0.1) is 0 Å². The highest BCUT2D eigenvalue weighted by Crippen LogP contribution is 2.28. The summed E-state index contributed by atoms with van der Waals surface area (Å²) in [5, 5.41) is 3.19. The molecular weight excluding hydrogens is 252 g/mol.